The molecule has 2 aromatic rings. The average molecular weight is 296 g/mol. The molecule has 4 heteroatoms. The summed E-state index contributed by atoms with van der Waals surface area (Å²) in [6.45, 7) is 3.88. The van der Waals surface area contributed by atoms with E-state index < -0.39 is 11.8 Å². The summed E-state index contributed by atoms with van der Waals surface area (Å²) in [7, 11) is 0. The van der Waals surface area contributed by atoms with Crippen LogP contribution in [0.1, 0.15) is 49.9 Å². The van der Waals surface area contributed by atoms with Crippen LogP contribution < -0.4 is 11.5 Å². The molecule has 0 saturated carbocycles. The third-order valence-corrected chi connectivity index (χ3v) is 3.71. The van der Waals surface area contributed by atoms with E-state index in [4.69, 9.17) is 11.5 Å². The van der Waals surface area contributed by atoms with Crippen LogP contribution in [0.3, 0.4) is 0 Å². The van der Waals surface area contributed by atoms with Crippen molar-refractivity contribution < 1.29 is 9.59 Å². The van der Waals surface area contributed by atoms with E-state index in [0.29, 0.717) is 23.1 Å². The molecule has 0 fully saturated rings. The third kappa shape index (κ3) is 3.34. The molecule has 2 aromatic carbocycles. The standard InChI is InChI=1S/C18H20N2O2/c1-3-12-5-4-6-13(9-12)10-14-15(17(19)21)7-11(2)8-16(14)18(20)22/h4-9H,3,10H2,1-2H3,(H2,19,21)(H2,20,22). The smallest absolute Gasteiger partial charge is 0.249 e. The Hall–Kier alpha value is -2.62. The molecule has 0 radical (unpaired) electrons. The molecular formula is C18H20N2O2. The number of benzene rings is 2. The maximum atomic E-state index is 11.7. The molecule has 0 atom stereocenters. The number of hydrogen-bond donors (Lipinski definition) is 2. The van der Waals surface area contributed by atoms with Crippen molar-refractivity contribution in [1.82, 2.24) is 0 Å². The Balaban J connectivity index is 2.56. The van der Waals surface area contributed by atoms with Gasteiger partial charge in [-0.2, -0.15) is 0 Å². The van der Waals surface area contributed by atoms with E-state index >= 15 is 0 Å². The fourth-order valence-electron chi connectivity index (χ4n) is 2.61. The summed E-state index contributed by atoms with van der Waals surface area (Å²) < 4.78 is 0. The van der Waals surface area contributed by atoms with Crippen molar-refractivity contribution in [2.75, 3.05) is 0 Å². The zero-order chi connectivity index (χ0) is 16.3. The molecule has 0 aliphatic heterocycles. The van der Waals surface area contributed by atoms with Crippen LogP contribution in [0, 0.1) is 6.92 Å². The lowest BCUT2D eigenvalue weighted by atomic mass is 9.91. The summed E-state index contributed by atoms with van der Waals surface area (Å²) >= 11 is 0. The monoisotopic (exact) mass is 296 g/mol. The van der Waals surface area contributed by atoms with E-state index in [-0.39, 0.29) is 0 Å². The number of carbonyl (C=O) groups is 2. The van der Waals surface area contributed by atoms with Crippen molar-refractivity contribution in [3.05, 3.63) is 69.8 Å². The summed E-state index contributed by atoms with van der Waals surface area (Å²) in [6, 6.07) is 11.4. The predicted molar refractivity (Wildman–Crippen MR) is 86.8 cm³/mol. The van der Waals surface area contributed by atoms with E-state index in [1.54, 1.807) is 19.1 Å². The first-order chi connectivity index (χ1) is 10.4. The molecule has 22 heavy (non-hydrogen) atoms. The lowest BCUT2D eigenvalue weighted by Crippen LogP contribution is -2.20. The Morgan fingerprint density at radius 1 is 0.955 bits per heavy atom. The molecule has 0 heterocycles. The largest absolute Gasteiger partial charge is 0.366 e. The van der Waals surface area contributed by atoms with Gasteiger partial charge in [-0.25, -0.2) is 0 Å². The van der Waals surface area contributed by atoms with Crippen LogP contribution >= 0.6 is 0 Å². The highest BCUT2D eigenvalue weighted by Gasteiger charge is 2.17. The molecule has 114 valence electrons. The maximum absolute atomic E-state index is 11.7. The first kappa shape index (κ1) is 15.8. The Labute approximate surface area is 130 Å². The van der Waals surface area contributed by atoms with Gasteiger partial charge in [0.05, 0.1) is 0 Å². The van der Waals surface area contributed by atoms with E-state index in [1.807, 2.05) is 18.2 Å². The zero-order valence-electron chi connectivity index (χ0n) is 12.8. The number of nitrogens with two attached hydrogens (primary N) is 2. The average Bonchev–Trinajstić information content (AvgIpc) is 2.48. The highest BCUT2D eigenvalue weighted by atomic mass is 16.1. The van der Waals surface area contributed by atoms with Crippen LogP contribution in [-0.4, -0.2) is 11.8 Å². The fourth-order valence-corrected chi connectivity index (χ4v) is 2.61. The second-order valence-corrected chi connectivity index (χ2v) is 5.42. The first-order valence-electron chi connectivity index (χ1n) is 7.23. The van der Waals surface area contributed by atoms with Crippen LogP contribution in [0.25, 0.3) is 0 Å². The van der Waals surface area contributed by atoms with Gasteiger partial charge in [0.25, 0.3) is 0 Å². The van der Waals surface area contributed by atoms with Crippen molar-refractivity contribution >= 4 is 11.8 Å². The highest BCUT2D eigenvalue weighted by molar-refractivity contribution is 6.01. The normalized spacial score (nSPS) is 10.5. The molecule has 0 aromatic heterocycles. The summed E-state index contributed by atoms with van der Waals surface area (Å²) in [5.41, 5.74) is 15.3. The van der Waals surface area contributed by atoms with Crippen LogP contribution in [-0.2, 0) is 12.8 Å². The Morgan fingerprint density at radius 2 is 1.50 bits per heavy atom. The molecule has 4 nitrogen and oxygen atoms in total. The summed E-state index contributed by atoms with van der Waals surface area (Å²) in [5.74, 6) is -1.10. The van der Waals surface area contributed by atoms with Crippen LogP contribution in [0.4, 0.5) is 0 Å². The topological polar surface area (TPSA) is 86.2 Å². The number of primary amides is 2. The number of amides is 2. The van der Waals surface area contributed by atoms with Crippen LogP contribution in [0.15, 0.2) is 36.4 Å². The number of aryl methyl sites for hydroxylation is 2. The fraction of sp³-hybridized carbons (Fsp3) is 0.222. The zero-order valence-corrected chi connectivity index (χ0v) is 12.8. The van der Waals surface area contributed by atoms with Gasteiger partial charge in [0.2, 0.25) is 11.8 Å². The summed E-state index contributed by atoms with van der Waals surface area (Å²) in [6.07, 6.45) is 1.37. The lowest BCUT2D eigenvalue weighted by molar-refractivity contribution is 0.0999. The van der Waals surface area contributed by atoms with Gasteiger partial charge in [-0.1, -0.05) is 31.2 Å². The van der Waals surface area contributed by atoms with Gasteiger partial charge in [-0.3, -0.25) is 9.59 Å². The van der Waals surface area contributed by atoms with E-state index in [0.717, 1.165) is 17.5 Å². The molecule has 0 saturated heterocycles. The third-order valence-electron chi connectivity index (χ3n) is 3.71. The van der Waals surface area contributed by atoms with Gasteiger partial charge < -0.3 is 11.5 Å². The minimum absolute atomic E-state index is 0.357. The second-order valence-electron chi connectivity index (χ2n) is 5.42. The molecule has 0 aliphatic rings. The number of hydrogen-bond acceptors (Lipinski definition) is 2. The van der Waals surface area contributed by atoms with Gasteiger partial charge in [-0.15, -0.1) is 0 Å². The van der Waals surface area contributed by atoms with Crippen molar-refractivity contribution in [2.45, 2.75) is 26.7 Å². The molecule has 2 amide bonds. The second kappa shape index (κ2) is 6.43. The van der Waals surface area contributed by atoms with Crippen LogP contribution in [0.2, 0.25) is 0 Å². The van der Waals surface area contributed by atoms with Gasteiger partial charge >= 0.3 is 0 Å². The Kier molecular flexibility index (Phi) is 4.61. The molecule has 0 aliphatic carbocycles. The minimum Gasteiger partial charge on any atom is -0.366 e. The maximum Gasteiger partial charge on any atom is 0.249 e. The SMILES string of the molecule is CCc1cccc(Cc2c(C(N)=O)cc(C)cc2C(N)=O)c1. The predicted octanol–water partition coefficient (Wildman–Crippen LogP) is 2.35. The summed E-state index contributed by atoms with van der Waals surface area (Å²) in [5, 5.41) is 0. The molecule has 2 rings (SSSR count). The Morgan fingerprint density at radius 3 is 2.00 bits per heavy atom. The number of rotatable bonds is 5. The van der Waals surface area contributed by atoms with E-state index in [9.17, 15) is 9.59 Å². The quantitative estimate of drug-likeness (QED) is 0.887. The van der Waals surface area contributed by atoms with Crippen molar-refractivity contribution in [1.29, 1.82) is 0 Å². The minimum atomic E-state index is -0.548. The molecule has 0 spiro atoms. The van der Waals surface area contributed by atoms with E-state index in [1.165, 1.54) is 5.56 Å². The molecule has 0 unspecified atom stereocenters. The molecular weight excluding hydrogens is 276 g/mol. The van der Waals surface area contributed by atoms with Crippen molar-refractivity contribution in [2.24, 2.45) is 11.5 Å². The van der Waals surface area contributed by atoms with Gasteiger partial charge in [-0.05, 0) is 54.2 Å². The lowest BCUT2D eigenvalue weighted by Gasteiger charge is -2.13. The van der Waals surface area contributed by atoms with Crippen molar-refractivity contribution in [3.63, 3.8) is 0 Å². The van der Waals surface area contributed by atoms with E-state index in [2.05, 4.69) is 13.0 Å². The number of carbonyl (C=O) groups excluding carboxylic acids is 2. The van der Waals surface area contributed by atoms with Gasteiger partial charge in [0, 0.05) is 11.1 Å². The molecule has 0 bridgehead atoms. The van der Waals surface area contributed by atoms with Crippen molar-refractivity contribution in [3.8, 4) is 0 Å². The Bertz CT molecular complexity index is 701. The van der Waals surface area contributed by atoms with Gasteiger partial charge in [0.15, 0.2) is 0 Å². The highest BCUT2D eigenvalue weighted by Crippen LogP contribution is 2.22. The molecule has 4 N–H and O–H groups in total. The summed E-state index contributed by atoms with van der Waals surface area (Å²) in [4.78, 5) is 23.5. The first-order valence-corrected chi connectivity index (χ1v) is 7.23. The van der Waals surface area contributed by atoms with Gasteiger partial charge in [0.1, 0.15) is 0 Å². The van der Waals surface area contributed by atoms with Crippen LogP contribution in [0.5, 0.6) is 0 Å².